The lowest BCUT2D eigenvalue weighted by Crippen LogP contribution is -2.42. The molecule has 0 rings (SSSR count). The molecule has 0 aliphatic rings. The van der Waals surface area contributed by atoms with Crippen molar-refractivity contribution in [3.8, 4) is 0 Å². The molecule has 0 radical (unpaired) electrons. The summed E-state index contributed by atoms with van der Waals surface area (Å²) in [5, 5.41) is 0. The van der Waals surface area contributed by atoms with E-state index >= 15 is 0 Å². The number of carbonyl (C=O) groups excluding carboxylic acids is 1. The molecule has 120 valence electrons. The largest absolute Gasteiger partial charge is 0.345 e. The van der Waals surface area contributed by atoms with Gasteiger partial charge in [-0.3, -0.25) is 4.79 Å². The summed E-state index contributed by atoms with van der Waals surface area (Å²) in [5.41, 5.74) is -0.0599. The summed E-state index contributed by atoms with van der Waals surface area (Å²) < 4.78 is 0. The highest BCUT2D eigenvalue weighted by Gasteiger charge is 2.31. The molecule has 0 atom stereocenters. The highest BCUT2D eigenvalue weighted by atomic mass is 16.2. The normalized spacial score (nSPS) is 12.8. The van der Waals surface area contributed by atoms with Gasteiger partial charge in [-0.2, -0.15) is 0 Å². The quantitative estimate of drug-likeness (QED) is 0.566. The van der Waals surface area contributed by atoms with Crippen LogP contribution in [0.1, 0.15) is 80.6 Å². The van der Waals surface area contributed by atoms with Gasteiger partial charge in [0.15, 0.2) is 0 Å². The Morgan fingerprint density at radius 3 is 2.00 bits per heavy atom. The molecule has 20 heavy (non-hydrogen) atoms. The van der Waals surface area contributed by atoms with Crippen LogP contribution in [0.2, 0.25) is 0 Å². The number of carbonyl (C=O) groups is 1. The fourth-order valence-corrected chi connectivity index (χ4v) is 2.70. The van der Waals surface area contributed by atoms with Gasteiger partial charge in [-0.05, 0) is 17.8 Å². The third kappa shape index (κ3) is 8.60. The van der Waals surface area contributed by atoms with Crippen molar-refractivity contribution in [2.75, 3.05) is 13.6 Å². The maximum Gasteiger partial charge on any atom is 0.227 e. The first-order valence-electron chi connectivity index (χ1n) is 8.21. The van der Waals surface area contributed by atoms with E-state index in [9.17, 15) is 4.79 Å². The van der Waals surface area contributed by atoms with Gasteiger partial charge in [0.05, 0.1) is 0 Å². The fourth-order valence-electron chi connectivity index (χ4n) is 2.70. The molecule has 0 fully saturated rings. The zero-order chi connectivity index (χ0) is 16.0. The monoisotopic (exact) mass is 283 g/mol. The van der Waals surface area contributed by atoms with E-state index in [1.165, 1.54) is 19.3 Å². The number of hydrogen-bond acceptors (Lipinski definition) is 1. The molecule has 0 aromatic carbocycles. The zero-order valence-electron chi connectivity index (χ0n) is 15.2. The third-order valence-corrected chi connectivity index (χ3v) is 3.72. The Morgan fingerprint density at radius 1 is 1.00 bits per heavy atom. The Balaban J connectivity index is 4.17. The summed E-state index contributed by atoms with van der Waals surface area (Å²) in [7, 11) is 1.94. The average Bonchev–Trinajstić information content (AvgIpc) is 2.24. The smallest absolute Gasteiger partial charge is 0.227 e. The van der Waals surface area contributed by atoms with Gasteiger partial charge in [0.2, 0.25) is 5.91 Å². The van der Waals surface area contributed by atoms with Crippen molar-refractivity contribution in [2.45, 2.75) is 80.6 Å². The van der Waals surface area contributed by atoms with E-state index in [1.807, 2.05) is 11.9 Å². The van der Waals surface area contributed by atoms with Gasteiger partial charge >= 0.3 is 0 Å². The lowest BCUT2D eigenvalue weighted by Gasteiger charge is -2.33. The Hall–Kier alpha value is -0.530. The number of rotatable bonds is 8. The molecule has 2 heteroatoms. The minimum atomic E-state index is -0.224. The van der Waals surface area contributed by atoms with Crippen LogP contribution in [0.5, 0.6) is 0 Å². The second-order valence-electron chi connectivity index (χ2n) is 8.60. The minimum Gasteiger partial charge on any atom is -0.345 e. The highest BCUT2D eigenvalue weighted by Crippen LogP contribution is 2.28. The van der Waals surface area contributed by atoms with Crippen molar-refractivity contribution < 1.29 is 4.79 Å². The van der Waals surface area contributed by atoms with Gasteiger partial charge in [-0.15, -0.1) is 0 Å². The summed E-state index contributed by atoms with van der Waals surface area (Å²) in [6.07, 6.45) is 6.00. The molecule has 0 aliphatic carbocycles. The Kier molecular flexibility index (Phi) is 7.83. The molecule has 0 spiro atoms. The standard InChI is InChI=1S/C18H37NO/c1-15(2)12-10-9-11-13-18(6,7)16(20)19(8)14-17(3,4)5/h15H,9-14H2,1-8H3. The van der Waals surface area contributed by atoms with Crippen LogP contribution in [-0.4, -0.2) is 24.4 Å². The number of unbranched alkanes of at least 4 members (excludes halogenated alkanes) is 2. The van der Waals surface area contributed by atoms with Crippen molar-refractivity contribution in [1.82, 2.24) is 4.90 Å². The molecule has 0 N–H and O–H groups in total. The molecule has 0 bridgehead atoms. The summed E-state index contributed by atoms with van der Waals surface area (Å²) in [6, 6.07) is 0. The van der Waals surface area contributed by atoms with Crippen LogP contribution in [-0.2, 0) is 4.79 Å². The van der Waals surface area contributed by atoms with Crippen molar-refractivity contribution in [3.63, 3.8) is 0 Å². The van der Waals surface area contributed by atoms with Gasteiger partial charge in [-0.1, -0.05) is 74.1 Å². The third-order valence-electron chi connectivity index (χ3n) is 3.72. The number of hydrogen-bond donors (Lipinski definition) is 0. The molecule has 0 aromatic heterocycles. The summed E-state index contributed by atoms with van der Waals surface area (Å²) in [4.78, 5) is 14.5. The second-order valence-corrected chi connectivity index (χ2v) is 8.60. The van der Waals surface area contributed by atoms with Crippen LogP contribution < -0.4 is 0 Å². The first-order chi connectivity index (χ1) is 8.96. The molecule has 0 aromatic rings. The van der Waals surface area contributed by atoms with Crippen LogP contribution >= 0.6 is 0 Å². The van der Waals surface area contributed by atoms with Crippen LogP contribution in [0.3, 0.4) is 0 Å². The van der Waals surface area contributed by atoms with E-state index < -0.39 is 0 Å². The van der Waals surface area contributed by atoms with Gasteiger partial charge in [0.25, 0.3) is 0 Å². The van der Waals surface area contributed by atoms with Gasteiger partial charge in [0.1, 0.15) is 0 Å². The second kappa shape index (κ2) is 8.05. The van der Waals surface area contributed by atoms with E-state index in [4.69, 9.17) is 0 Å². The number of nitrogens with zero attached hydrogens (tertiary/aromatic N) is 1. The van der Waals surface area contributed by atoms with Crippen molar-refractivity contribution >= 4 is 5.91 Å². The van der Waals surface area contributed by atoms with Crippen LogP contribution in [0, 0.1) is 16.7 Å². The maximum atomic E-state index is 12.5. The molecule has 0 heterocycles. The minimum absolute atomic E-state index is 0.164. The van der Waals surface area contributed by atoms with Gasteiger partial charge < -0.3 is 4.90 Å². The first kappa shape index (κ1) is 19.5. The first-order valence-corrected chi connectivity index (χ1v) is 8.21. The molecular formula is C18H37NO. The molecule has 0 saturated carbocycles. The molecule has 0 aliphatic heterocycles. The van der Waals surface area contributed by atoms with Crippen LogP contribution in [0.4, 0.5) is 0 Å². The topological polar surface area (TPSA) is 20.3 Å². The highest BCUT2D eigenvalue weighted by molar-refractivity contribution is 5.81. The SMILES string of the molecule is CC(C)CCCCCC(C)(C)C(=O)N(C)CC(C)(C)C. The van der Waals surface area contributed by atoms with E-state index in [2.05, 4.69) is 48.5 Å². The molecule has 0 unspecified atom stereocenters. The summed E-state index contributed by atoms with van der Waals surface area (Å²) >= 11 is 0. The molecule has 2 nitrogen and oxygen atoms in total. The average molecular weight is 284 g/mol. The van der Waals surface area contributed by atoms with Crippen LogP contribution in [0.15, 0.2) is 0 Å². The number of amides is 1. The lowest BCUT2D eigenvalue weighted by atomic mass is 9.84. The van der Waals surface area contributed by atoms with Gasteiger partial charge in [0, 0.05) is 19.0 Å². The maximum absolute atomic E-state index is 12.5. The lowest BCUT2D eigenvalue weighted by molar-refractivity contribution is -0.140. The predicted octanol–water partition coefficient (Wildman–Crippen LogP) is 5.12. The van der Waals surface area contributed by atoms with E-state index in [0.29, 0.717) is 0 Å². The molecule has 0 saturated heterocycles. The summed E-state index contributed by atoms with van der Waals surface area (Å²) in [6.45, 7) is 16.1. The van der Waals surface area contributed by atoms with Crippen LogP contribution in [0.25, 0.3) is 0 Å². The predicted molar refractivity (Wildman–Crippen MR) is 88.8 cm³/mol. The van der Waals surface area contributed by atoms with Crippen molar-refractivity contribution in [2.24, 2.45) is 16.7 Å². The fraction of sp³-hybridized carbons (Fsp3) is 0.944. The Labute approximate surface area is 127 Å². The zero-order valence-corrected chi connectivity index (χ0v) is 15.2. The van der Waals surface area contributed by atoms with E-state index in [0.717, 1.165) is 25.3 Å². The summed E-state index contributed by atoms with van der Waals surface area (Å²) in [5.74, 6) is 1.08. The van der Waals surface area contributed by atoms with E-state index in [1.54, 1.807) is 0 Å². The van der Waals surface area contributed by atoms with Gasteiger partial charge in [-0.25, -0.2) is 0 Å². The molecular weight excluding hydrogens is 246 g/mol. The Morgan fingerprint density at radius 2 is 1.55 bits per heavy atom. The van der Waals surface area contributed by atoms with Crippen molar-refractivity contribution in [1.29, 1.82) is 0 Å². The Bertz CT molecular complexity index is 286. The van der Waals surface area contributed by atoms with Crippen molar-refractivity contribution in [3.05, 3.63) is 0 Å². The molecule has 1 amide bonds. The van der Waals surface area contributed by atoms with E-state index in [-0.39, 0.29) is 16.7 Å².